The lowest BCUT2D eigenvalue weighted by Gasteiger charge is -2.13. The van der Waals surface area contributed by atoms with Crippen LogP contribution < -0.4 is 0 Å². The largest absolute Gasteiger partial charge is 0.307 e. The van der Waals surface area contributed by atoms with Gasteiger partial charge in [0.05, 0.1) is 45.0 Å². The maximum atomic E-state index is 4.99. The molecule has 0 fully saturated rings. The SMILES string of the molecule is c1ccc(-n2c3ccccc3c3ccc4c5ccccc5n(-c5cnc6c(ccc7cccnc76)c5)c4c32)cc1. The second-order valence-corrected chi connectivity index (χ2v) is 10.3. The van der Waals surface area contributed by atoms with Crippen LogP contribution in [-0.4, -0.2) is 19.1 Å². The maximum Gasteiger partial charge on any atom is 0.0966 e. The van der Waals surface area contributed by atoms with Gasteiger partial charge in [0.1, 0.15) is 0 Å². The van der Waals surface area contributed by atoms with Crippen LogP contribution in [0.4, 0.5) is 0 Å². The number of fused-ring (bicyclic) bond motifs is 10. The number of aromatic nitrogens is 4. The van der Waals surface area contributed by atoms with Crippen molar-refractivity contribution >= 4 is 65.4 Å². The van der Waals surface area contributed by atoms with Crippen molar-refractivity contribution in [3.05, 3.63) is 134 Å². The third-order valence-electron chi connectivity index (χ3n) is 8.15. The predicted molar refractivity (Wildman–Crippen MR) is 166 cm³/mol. The van der Waals surface area contributed by atoms with Crippen molar-refractivity contribution in [2.75, 3.05) is 0 Å². The lowest BCUT2D eigenvalue weighted by molar-refractivity contribution is 1.14. The number of hydrogen-bond donors (Lipinski definition) is 0. The highest BCUT2D eigenvalue weighted by molar-refractivity contribution is 6.23. The fourth-order valence-electron chi connectivity index (χ4n) is 6.46. The van der Waals surface area contributed by atoms with E-state index in [-0.39, 0.29) is 0 Å². The van der Waals surface area contributed by atoms with Gasteiger partial charge < -0.3 is 9.13 Å². The number of rotatable bonds is 2. The van der Waals surface area contributed by atoms with Crippen LogP contribution in [0.15, 0.2) is 134 Å². The van der Waals surface area contributed by atoms with Gasteiger partial charge in [-0.25, -0.2) is 0 Å². The molecule has 4 heteroatoms. The molecule has 0 amide bonds. The minimum atomic E-state index is 0.922. The van der Waals surface area contributed by atoms with E-state index in [2.05, 4.69) is 129 Å². The van der Waals surface area contributed by atoms with E-state index >= 15 is 0 Å². The number of hydrogen-bond acceptors (Lipinski definition) is 2. The van der Waals surface area contributed by atoms with E-state index in [0.29, 0.717) is 0 Å². The highest BCUT2D eigenvalue weighted by atomic mass is 15.0. The van der Waals surface area contributed by atoms with Crippen LogP contribution in [0.5, 0.6) is 0 Å². The Hall–Kier alpha value is -5.48. The predicted octanol–water partition coefficient (Wildman–Crippen LogP) is 8.98. The van der Waals surface area contributed by atoms with E-state index in [1.165, 1.54) is 38.1 Å². The zero-order valence-electron chi connectivity index (χ0n) is 21.5. The normalized spacial score (nSPS) is 12.0. The molecule has 0 aliphatic rings. The van der Waals surface area contributed by atoms with Crippen molar-refractivity contribution in [1.82, 2.24) is 19.1 Å². The highest BCUT2D eigenvalue weighted by Gasteiger charge is 2.21. The third kappa shape index (κ3) is 2.85. The second-order valence-electron chi connectivity index (χ2n) is 10.3. The molecule has 4 heterocycles. The summed E-state index contributed by atoms with van der Waals surface area (Å²) in [6.45, 7) is 0. The molecule has 5 aromatic carbocycles. The van der Waals surface area contributed by atoms with Gasteiger partial charge in [0.15, 0.2) is 0 Å². The summed E-state index contributed by atoms with van der Waals surface area (Å²) in [6.07, 6.45) is 3.83. The van der Waals surface area contributed by atoms with Gasteiger partial charge in [0, 0.05) is 44.2 Å². The summed E-state index contributed by atoms with van der Waals surface area (Å²) >= 11 is 0. The van der Waals surface area contributed by atoms with Gasteiger partial charge >= 0.3 is 0 Å². The molecule has 0 radical (unpaired) electrons. The zero-order valence-corrected chi connectivity index (χ0v) is 21.5. The highest BCUT2D eigenvalue weighted by Crippen LogP contribution is 2.41. The van der Waals surface area contributed by atoms with Crippen LogP contribution in [0, 0.1) is 0 Å². The van der Waals surface area contributed by atoms with Crippen LogP contribution in [0.1, 0.15) is 0 Å². The number of para-hydroxylation sites is 3. The molecule has 9 aromatic rings. The molecule has 0 bridgehead atoms. The average Bonchev–Trinajstić information content (AvgIpc) is 3.54. The Morgan fingerprint density at radius 2 is 1.02 bits per heavy atom. The second kappa shape index (κ2) is 8.01. The topological polar surface area (TPSA) is 35.6 Å². The van der Waals surface area contributed by atoms with Crippen molar-refractivity contribution < 1.29 is 0 Å². The zero-order chi connectivity index (χ0) is 26.2. The number of pyridine rings is 2. The Kier molecular flexibility index (Phi) is 4.30. The molecule has 186 valence electrons. The molecule has 0 atom stereocenters. The minimum absolute atomic E-state index is 0.922. The van der Waals surface area contributed by atoms with E-state index in [1.54, 1.807) is 0 Å². The standard InChI is InChI=1S/C36H22N4/c1-2-10-25(11-3-1)39-31-14-6-4-12-27(31)29-18-19-30-28-13-5-7-15-32(28)40(36(30)35(29)39)26-21-24-17-16-23-9-8-20-37-33(23)34(24)38-22-26/h1-22H. The van der Waals surface area contributed by atoms with Crippen molar-refractivity contribution in [1.29, 1.82) is 0 Å². The lowest BCUT2D eigenvalue weighted by atomic mass is 10.1. The van der Waals surface area contributed by atoms with Gasteiger partial charge in [-0.1, -0.05) is 84.9 Å². The summed E-state index contributed by atoms with van der Waals surface area (Å²) in [6, 6.07) is 43.2. The van der Waals surface area contributed by atoms with Crippen LogP contribution in [-0.2, 0) is 0 Å². The van der Waals surface area contributed by atoms with E-state index < -0.39 is 0 Å². The van der Waals surface area contributed by atoms with Crippen LogP contribution in [0.2, 0.25) is 0 Å². The van der Waals surface area contributed by atoms with Crippen LogP contribution in [0.3, 0.4) is 0 Å². The number of nitrogens with zero attached hydrogens (tertiary/aromatic N) is 4. The molecule has 4 nitrogen and oxygen atoms in total. The molecule has 0 aliphatic carbocycles. The fourth-order valence-corrected chi connectivity index (χ4v) is 6.46. The van der Waals surface area contributed by atoms with E-state index in [1.807, 2.05) is 18.5 Å². The average molecular weight is 511 g/mol. The summed E-state index contributed by atoms with van der Waals surface area (Å²) < 4.78 is 4.80. The first-order valence-electron chi connectivity index (χ1n) is 13.5. The lowest BCUT2D eigenvalue weighted by Crippen LogP contribution is -1.99. The van der Waals surface area contributed by atoms with Crippen molar-refractivity contribution in [2.45, 2.75) is 0 Å². The van der Waals surface area contributed by atoms with Gasteiger partial charge in [-0.05, 0) is 36.4 Å². The van der Waals surface area contributed by atoms with E-state index in [9.17, 15) is 0 Å². The first-order valence-corrected chi connectivity index (χ1v) is 13.5. The molecular formula is C36H22N4. The van der Waals surface area contributed by atoms with Crippen LogP contribution in [0.25, 0.3) is 76.8 Å². The number of benzene rings is 5. The Bertz CT molecular complexity index is 2430. The quantitative estimate of drug-likeness (QED) is 0.218. The van der Waals surface area contributed by atoms with Gasteiger partial charge in [-0.15, -0.1) is 0 Å². The van der Waals surface area contributed by atoms with Gasteiger partial charge in [0.25, 0.3) is 0 Å². The van der Waals surface area contributed by atoms with E-state index in [4.69, 9.17) is 4.98 Å². The summed E-state index contributed by atoms with van der Waals surface area (Å²) in [5, 5.41) is 7.11. The molecule has 0 N–H and O–H groups in total. The molecule has 0 spiro atoms. The van der Waals surface area contributed by atoms with Gasteiger partial charge in [-0.2, -0.15) is 0 Å². The molecular weight excluding hydrogens is 488 g/mol. The molecule has 9 rings (SSSR count). The third-order valence-corrected chi connectivity index (χ3v) is 8.15. The van der Waals surface area contributed by atoms with Gasteiger partial charge in [0.2, 0.25) is 0 Å². The first-order chi connectivity index (χ1) is 19.9. The Morgan fingerprint density at radius 1 is 0.425 bits per heavy atom. The monoisotopic (exact) mass is 510 g/mol. The van der Waals surface area contributed by atoms with E-state index in [0.717, 1.165) is 38.7 Å². The smallest absolute Gasteiger partial charge is 0.0966 e. The molecule has 0 unspecified atom stereocenters. The Labute approximate surface area is 229 Å². The molecule has 0 aliphatic heterocycles. The Balaban J connectivity index is 1.48. The van der Waals surface area contributed by atoms with Gasteiger partial charge in [-0.3, -0.25) is 9.97 Å². The van der Waals surface area contributed by atoms with Crippen molar-refractivity contribution in [2.24, 2.45) is 0 Å². The summed E-state index contributed by atoms with van der Waals surface area (Å²) in [7, 11) is 0. The van der Waals surface area contributed by atoms with Crippen LogP contribution >= 0.6 is 0 Å². The van der Waals surface area contributed by atoms with Crippen molar-refractivity contribution in [3.63, 3.8) is 0 Å². The molecule has 40 heavy (non-hydrogen) atoms. The Morgan fingerprint density at radius 3 is 1.75 bits per heavy atom. The molecule has 0 saturated carbocycles. The first kappa shape index (κ1) is 21.5. The minimum Gasteiger partial charge on any atom is -0.307 e. The molecule has 0 saturated heterocycles. The maximum absolute atomic E-state index is 4.99. The van der Waals surface area contributed by atoms with Crippen molar-refractivity contribution in [3.8, 4) is 11.4 Å². The summed E-state index contributed by atoms with van der Waals surface area (Å²) in [5.41, 5.74) is 8.77. The fraction of sp³-hybridized carbons (Fsp3) is 0. The summed E-state index contributed by atoms with van der Waals surface area (Å²) in [5.74, 6) is 0. The molecule has 4 aromatic heterocycles. The summed E-state index contributed by atoms with van der Waals surface area (Å²) in [4.78, 5) is 9.63.